The molecule has 0 spiro atoms. The van der Waals surface area contributed by atoms with Crippen LogP contribution >= 0.6 is 0 Å². The van der Waals surface area contributed by atoms with Gasteiger partial charge in [0.2, 0.25) is 5.95 Å². The molecule has 2 saturated heterocycles. The second kappa shape index (κ2) is 13.1. The number of carbonyl (C=O) groups is 1. The van der Waals surface area contributed by atoms with Crippen LogP contribution in [0.2, 0.25) is 0 Å². The number of nitrogens with one attached hydrogen (secondary N) is 1. The minimum absolute atomic E-state index is 0.138. The second-order valence-corrected chi connectivity index (χ2v) is 12.6. The van der Waals surface area contributed by atoms with E-state index in [1.807, 2.05) is 0 Å². The van der Waals surface area contributed by atoms with Gasteiger partial charge in [0.1, 0.15) is 29.9 Å². The largest absolute Gasteiger partial charge is 0.486 e. The zero-order chi connectivity index (χ0) is 31.4. The van der Waals surface area contributed by atoms with Crippen molar-refractivity contribution >= 4 is 17.7 Å². The first-order valence-corrected chi connectivity index (χ1v) is 15.1. The number of nitriles is 1. The molecule has 0 radical (unpaired) electrons. The fraction of sp³-hybridized carbons (Fsp3) is 0.485. The first kappa shape index (κ1) is 31.1. The highest BCUT2D eigenvalue weighted by Gasteiger charge is 2.35. The summed E-state index contributed by atoms with van der Waals surface area (Å²) in [5.74, 6) is 1.62. The van der Waals surface area contributed by atoms with E-state index in [0.29, 0.717) is 29.8 Å². The van der Waals surface area contributed by atoms with Crippen LogP contribution in [0.15, 0.2) is 42.7 Å². The van der Waals surface area contributed by atoms with Gasteiger partial charge in [-0.15, -0.1) is 0 Å². The lowest BCUT2D eigenvalue weighted by molar-refractivity contribution is -0.0106. The Balaban J connectivity index is 1.24. The average Bonchev–Trinajstić information content (AvgIpc) is 2.98. The maximum Gasteiger partial charge on any atom is 0.410 e. The number of hydrogen-bond acceptors (Lipinski definition) is 9. The number of ether oxygens (including phenoxy) is 2. The van der Waals surface area contributed by atoms with Gasteiger partial charge in [-0.2, -0.15) is 10.2 Å². The molecule has 2 atom stereocenters. The maximum absolute atomic E-state index is 15.0. The van der Waals surface area contributed by atoms with Crippen LogP contribution in [0.25, 0.3) is 11.4 Å². The molecule has 2 aromatic carbocycles. The Labute approximate surface area is 258 Å². The van der Waals surface area contributed by atoms with Gasteiger partial charge in [-0.25, -0.2) is 19.2 Å². The van der Waals surface area contributed by atoms with Crippen molar-refractivity contribution in [2.24, 2.45) is 0 Å². The summed E-state index contributed by atoms with van der Waals surface area (Å²) < 4.78 is 26.3. The van der Waals surface area contributed by atoms with Crippen molar-refractivity contribution in [3.63, 3.8) is 0 Å². The molecule has 1 amide bonds. The van der Waals surface area contributed by atoms with Crippen molar-refractivity contribution in [1.29, 1.82) is 5.26 Å². The molecular weight excluding hydrogens is 561 g/mol. The molecule has 2 fully saturated rings. The summed E-state index contributed by atoms with van der Waals surface area (Å²) in [6, 6.07) is 13.5. The van der Waals surface area contributed by atoms with Gasteiger partial charge in [-0.1, -0.05) is 6.07 Å². The van der Waals surface area contributed by atoms with Crippen molar-refractivity contribution in [1.82, 2.24) is 24.8 Å². The highest BCUT2D eigenvalue weighted by Crippen LogP contribution is 2.32. The van der Waals surface area contributed by atoms with E-state index in [4.69, 9.17) is 9.47 Å². The molecule has 0 bridgehead atoms. The number of likely N-dealkylation sites (tertiary alicyclic amines) is 2. The number of halogens is 1. The van der Waals surface area contributed by atoms with Crippen molar-refractivity contribution in [3.05, 3.63) is 59.4 Å². The molecule has 3 heterocycles. The third-order valence-corrected chi connectivity index (χ3v) is 8.03. The van der Waals surface area contributed by atoms with Gasteiger partial charge in [0.15, 0.2) is 12.0 Å². The normalized spacial score (nSPS) is 19.7. The number of aryl methyl sites for hydroxylation is 1. The summed E-state index contributed by atoms with van der Waals surface area (Å²) in [7, 11) is 2.17. The topological polar surface area (TPSA) is 116 Å². The number of aromatic nitrogens is 3. The Morgan fingerprint density at radius 2 is 1.86 bits per heavy atom. The molecule has 232 valence electrons. The summed E-state index contributed by atoms with van der Waals surface area (Å²) in [4.78, 5) is 29.2. The van der Waals surface area contributed by atoms with E-state index in [1.165, 1.54) is 22.4 Å². The highest BCUT2D eigenvalue weighted by atomic mass is 19.1. The van der Waals surface area contributed by atoms with E-state index in [0.717, 1.165) is 31.6 Å². The highest BCUT2D eigenvalue weighted by molar-refractivity contribution is 5.68. The van der Waals surface area contributed by atoms with Crippen molar-refractivity contribution in [2.45, 2.75) is 70.8 Å². The maximum atomic E-state index is 15.0. The number of amides is 1. The first-order chi connectivity index (χ1) is 21.0. The van der Waals surface area contributed by atoms with E-state index in [-0.39, 0.29) is 24.3 Å². The Morgan fingerprint density at radius 3 is 2.55 bits per heavy atom. The SMILES string of the molecule is Cc1cc(Nc2ncnc(-c3ccc(O[C@H]4CCN(C(=O)OC(C)(C)C)C[C@H]4F)c(C#N)c3)n2)ccc1C1CCN(C)CC1. The molecular formula is C33H40FN7O3. The van der Waals surface area contributed by atoms with Crippen LogP contribution in [-0.4, -0.2) is 81.9 Å². The lowest BCUT2D eigenvalue weighted by atomic mass is 9.87. The van der Waals surface area contributed by atoms with Gasteiger partial charge in [0.25, 0.3) is 0 Å². The minimum atomic E-state index is -1.43. The van der Waals surface area contributed by atoms with Crippen molar-refractivity contribution in [2.75, 3.05) is 38.5 Å². The molecule has 2 aliphatic heterocycles. The summed E-state index contributed by atoms with van der Waals surface area (Å²) in [5.41, 5.74) is 3.68. The summed E-state index contributed by atoms with van der Waals surface area (Å²) in [6.07, 6.45) is 1.25. The Bertz CT molecular complexity index is 1530. The van der Waals surface area contributed by atoms with Crippen molar-refractivity contribution < 1.29 is 18.7 Å². The van der Waals surface area contributed by atoms with Crippen LogP contribution in [0.3, 0.4) is 0 Å². The summed E-state index contributed by atoms with van der Waals surface area (Å²) >= 11 is 0. The summed E-state index contributed by atoms with van der Waals surface area (Å²) in [5, 5.41) is 13.1. The number of benzene rings is 2. The predicted molar refractivity (Wildman–Crippen MR) is 166 cm³/mol. The van der Waals surface area contributed by atoms with E-state index in [9.17, 15) is 10.1 Å². The van der Waals surface area contributed by atoms with Gasteiger partial charge in [-0.05, 0) is 108 Å². The van der Waals surface area contributed by atoms with Crippen LogP contribution in [-0.2, 0) is 4.74 Å². The fourth-order valence-corrected chi connectivity index (χ4v) is 5.69. The molecule has 0 unspecified atom stereocenters. The molecule has 0 aliphatic carbocycles. The summed E-state index contributed by atoms with van der Waals surface area (Å²) in [6.45, 7) is 9.83. The Morgan fingerprint density at radius 1 is 1.09 bits per heavy atom. The van der Waals surface area contributed by atoms with E-state index in [1.54, 1.807) is 39.0 Å². The van der Waals surface area contributed by atoms with Gasteiger partial charge in [0.05, 0.1) is 12.1 Å². The Hall–Kier alpha value is -4.30. The molecule has 0 saturated carbocycles. The fourth-order valence-electron chi connectivity index (χ4n) is 5.69. The molecule has 10 nitrogen and oxygen atoms in total. The number of hydrogen-bond donors (Lipinski definition) is 1. The predicted octanol–water partition coefficient (Wildman–Crippen LogP) is 6.00. The quantitative estimate of drug-likeness (QED) is 0.363. The first-order valence-electron chi connectivity index (χ1n) is 15.1. The van der Waals surface area contributed by atoms with Crippen LogP contribution < -0.4 is 10.1 Å². The molecule has 5 rings (SSSR count). The number of carbonyl (C=O) groups excluding carboxylic acids is 1. The standard InChI is InChI=1S/C33H40FN7O3/c1-21-16-25(7-8-26(21)22-10-13-40(5)14-11-22)38-31-37-20-36-30(39-31)23-6-9-28(24(17-23)18-35)43-29-12-15-41(19-27(29)34)32(42)44-33(2,3)4/h6-9,16-17,20,22,27,29H,10-15,19H2,1-5H3,(H,36,37,38,39)/t27-,29+/m1/s1. The van der Waals surface area contributed by atoms with E-state index in [2.05, 4.69) is 63.4 Å². The number of piperidine rings is 2. The van der Waals surface area contributed by atoms with Crippen LogP contribution in [0.4, 0.5) is 20.8 Å². The molecule has 3 aromatic rings. The number of rotatable bonds is 6. The van der Waals surface area contributed by atoms with Gasteiger partial charge < -0.3 is 24.6 Å². The monoisotopic (exact) mass is 601 g/mol. The van der Waals surface area contributed by atoms with E-state index < -0.39 is 24.0 Å². The molecule has 11 heteroatoms. The van der Waals surface area contributed by atoms with Crippen molar-refractivity contribution in [3.8, 4) is 23.2 Å². The zero-order valence-corrected chi connectivity index (χ0v) is 26.0. The van der Waals surface area contributed by atoms with Crippen LogP contribution in [0, 0.1) is 18.3 Å². The average molecular weight is 602 g/mol. The third kappa shape index (κ3) is 7.61. The number of nitrogens with zero attached hydrogens (tertiary/aromatic N) is 6. The van der Waals surface area contributed by atoms with Gasteiger partial charge >= 0.3 is 6.09 Å². The Kier molecular flexibility index (Phi) is 9.30. The van der Waals surface area contributed by atoms with Crippen LogP contribution in [0.5, 0.6) is 5.75 Å². The smallest absolute Gasteiger partial charge is 0.410 e. The lowest BCUT2D eigenvalue weighted by Crippen LogP contribution is -2.50. The number of alkyl halides is 1. The van der Waals surface area contributed by atoms with Gasteiger partial charge in [0, 0.05) is 24.2 Å². The molecule has 44 heavy (non-hydrogen) atoms. The molecule has 2 aliphatic rings. The second-order valence-electron chi connectivity index (χ2n) is 12.6. The molecule has 1 aromatic heterocycles. The zero-order valence-electron chi connectivity index (χ0n) is 26.0. The number of anilines is 2. The lowest BCUT2D eigenvalue weighted by Gasteiger charge is -2.35. The third-order valence-electron chi connectivity index (χ3n) is 8.03. The van der Waals surface area contributed by atoms with E-state index >= 15 is 4.39 Å². The van der Waals surface area contributed by atoms with Gasteiger partial charge in [-0.3, -0.25) is 0 Å². The minimum Gasteiger partial charge on any atom is -0.486 e. The molecule has 1 N–H and O–H groups in total. The van der Waals surface area contributed by atoms with Crippen LogP contribution in [0.1, 0.15) is 62.6 Å².